The number of nitrogen functional groups attached to an aromatic ring is 1. The molecule has 0 radical (unpaired) electrons. The van der Waals surface area contributed by atoms with Crippen LogP contribution in [0.1, 0.15) is 20.8 Å². The number of para-hydroxylation sites is 1. The number of nitrogens with two attached hydrogens (primary N) is 1. The van der Waals surface area contributed by atoms with Crippen molar-refractivity contribution >= 4 is 17.3 Å². The number of anilines is 1. The van der Waals surface area contributed by atoms with Crippen molar-refractivity contribution in [1.29, 1.82) is 0 Å². The van der Waals surface area contributed by atoms with Gasteiger partial charge >= 0.3 is 5.82 Å². The average Bonchev–Trinajstić information content (AvgIpc) is 2.80. The summed E-state index contributed by atoms with van der Waals surface area (Å²) in [5, 5.41) is 27.5. The van der Waals surface area contributed by atoms with Gasteiger partial charge in [-0.1, -0.05) is 28.1 Å². The van der Waals surface area contributed by atoms with Gasteiger partial charge in [0.25, 0.3) is 0 Å². The molecule has 2 rings (SSSR count). The van der Waals surface area contributed by atoms with Crippen molar-refractivity contribution in [3.63, 3.8) is 0 Å². The van der Waals surface area contributed by atoms with Crippen LogP contribution >= 0.6 is 0 Å². The number of azo groups is 1. The molecule has 0 saturated carbocycles. The number of rotatable bonds is 3. The van der Waals surface area contributed by atoms with Gasteiger partial charge < -0.3 is 10.9 Å². The van der Waals surface area contributed by atoms with E-state index in [0.717, 1.165) is 4.80 Å². The molecule has 10 nitrogen and oxygen atoms in total. The zero-order valence-electron chi connectivity index (χ0n) is 12.4. The van der Waals surface area contributed by atoms with E-state index in [4.69, 9.17) is 11.3 Å². The fourth-order valence-electron chi connectivity index (χ4n) is 1.64. The Labute approximate surface area is 126 Å². The van der Waals surface area contributed by atoms with Gasteiger partial charge in [-0.2, -0.15) is 0 Å². The summed E-state index contributed by atoms with van der Waals surface area (Å²) >= 11 is 0. The van der Waals surface area contributed by atoms with Crippen LogP contribution in [-0.2, 0) is 0 Å². The third-order valence-corrected chi connectivity index (χ3v) is 2.44. The van der Waals surface area contributed by atoms with Gasteiger partial charge in [0.15, 0.2) is 0 Å². The van der Waals surface area contributed by atoms with E-state index in [2.05, 4.69) is 25.3 Å². The first kappa shape index (κ1) is 15.3. The lowest BCUT2D eigenvalue weighted by Crippen LogP contribution is -2.13. The van der Waals surface area contributed by atoms with Gasteiger partial charge in [-0.3, -0.25) is 0 Å². The lowest BCUT2D eigenvalue weighted by molar-refractivity contribution is -0.453. The Morgan fingerprint density at radius 1 is 1.32 bits per heavy atom. The molecular weight excluding hydrogens is 286 g/mol. The van der Waals surface area contributed by atoms with E-state index < -0.39 is 5.54 Å². The molecule has 0 amide bonds. The van der Waals surface area contributed by atoms with Crippen molar-refractivity contribution < 1.29 is 4.86 Å². The van der Waals surface area contributed by atoms with Crippen molar-refractivity contribution in [3.8, 4) is 5.69 Å². The van der Waals surface area contributed by atoms with E-state index in [1.165, 1.54) is 0 Å². The first-order valence-electron chi connectivity index (χ1n) is 6.39. The summed E-state index contributed by atoms with van der Waals surface area (Å²) in [7, 11) is 0. The summed E-state index contributed by atoms with van der Waals surface area (Å²) in [6.07, 6.45) is 0. The van der Waals surface area contributed by atoms with Gasteiger partial charge in [0.1, 0.15) is 5.69 Å². The first-order chi connectivity index (χ1) is 10.3. The monoisotopic (exact) mass is 301 g/mol. The predicted octanol–water partition coefficient (Wildman–Crippen LogP) is 3.18. The Hall–Kier alpha value is -3.13. The van der Waals surface area contributed by atoms with Gasteiger partial charge in [-0.25, -0.2) is 0 Å². The third kappa shape index (κ3) is 3.30. The van der Waals surface area contributed by atoms with E-state index in [-0.39, 0.29) is 11.6 Å². The summed E-state index contributed by atoms with van der Waals surface area (Å²) in [4.78, 5) is 4.22. The van der Waals surface area contributed by atoms with Crippen LogP contribution in [0.25, 0.3) is 16.1 Å². The van der Waals surface area contributed by atoms with E-state index in [0.29, 0.717) is 16.2 Å². The molecule has 1 aromatic carbocycles. The highest BCUT2D eigenvalue weighted by Crippen LogP contribution is 2.25. The molecular formula is C12H15N9O. The van der Waals surface area contributed by atoms with Crippen molar-refractivity contribution in [3.05, 3.63) is 39.9 Å². The SMILES string of the molecule is CC(C)(C)N=[N+]([O-])c1nn(-c2ccccc2N=[N+]=[N-])nc1N. The quantitative estimate of drug-likeness (QED) is 0.305. The van der Waals surface area contributed by atoms with Gasteiger partial charge in [0.2, 0.25) is 5.82 Å². The Kier molecular flexibility index (Phi) is 3.95. The normalized spacial score (nSPS) is 12.0. The van der Waals surface area contributed by atoms with Crippen molar-refractivity contribution in [2.24, 2.45) is 10.2 Å². The molecule has 2 aromatic rings. The van der Waals surface area contributed by atoms with Gasteiger partial charge in [-0.05, 0) is 32.4 Å². The van der Waals surface area contributed by atoms with Crippen LogP contribution in [-0.4, -0.2) is 25.4 Å². The molecule has 0 atom stereocenters. The van der Waals surface area contributed by atoms with Gasteiger partial charge in [-0.15, -0.1) is 15.1 Å². The number of benzene rings is 1. The molecule has 1 heterocycles. The topological polar surface area (TPSA) is 144 Å². The van der Waals surface area contributed by atoms with E-state index >= 15 is 0 Å². The largest absolute Gasteiger partial charge is 0.691 e. The summed E-state index contributed by atoms with van der Waals surface area (Å²) in [6, 6.07) is 6.67. The molecule has 114 valence electrons. The summed E-state index contributed by atoms with van der Waals surface area (Å²) in [5.41, 5.74) is 14.4. The Morgan fingerprint density at radius 3 is 2.64 bits per heavy atom. The molecule has 22 heavy (non-hydrogen) atoms. The molecule has 0 aliphatic rings. The molecule has 2 N–H and O–H groups in total. The molecule has 0 aliphatic carbocycles. The second kappa shape index (κ2) is 5.70. The highest BCUT2D eigenvalue weighted by atomic mass is 16.5. The molecule has 1 aromatic heterocycles. The highest BCUT2D eigenvalue weighted by molar-refractivity contribution is 5.57. The first-order valence-corrected chi connectivity index (χ1v) is 6.39. The molecule has 0 fully saturated rings. The number of aromatic nitrogens is 3. The summed E-state index contributed by atoms with van der Waals surface area (Å²) in [5.74, 6) is -0.190. The van der Waals surface area contributed by atoms with Crippen LogP contribution < -0.4 is 5.73 Å². The Morgan fingerprint density at radius 2 is 2.00 bits per heavy atom. The minimum Gasteiger partial charge on any atom is -0.691 e. The molecule has 0 spiro atoms. The average molecular weight is 301 g/mol. The number of hydrogen-bond donors (Lipinski definition) is 1. The van der Waals surface area contributed by atoms with Crippen LogP contribution in [0.5, 0.6) is 0 Å². The lowest BCUT2D eigenvalue weighted by Gasteiger charge is -2.11. The fourth-order valence-corrected chi connectivity index (χ4v) is 1.64. The van der Waals surface area contributed by atoms with Crippen LogP contribution in [0.2, 0.25) is 0 Å². The lowest BCUT2D eigenvalue weighted by atomic mass is 10.1. The van der Waals surface area contributed by atoms with E-state index in [1.807, 2.05) is 0 Å². The molecule has 0 unspecified atom stereocenters. The van der Waals surface area contributed by atoms with Crippen LogP contribution in [0.3, 0.4) is 0 Å². The van der Waals surface area contributed by atoms with Crippen molar-refractivity contribution in [2.75, 3.05) is 5.73 Å². The maximum absolute atomic E-state index is 12.0. The zero-order chi connectivity index (χ0) is 16.3. The summed E-state index contributed by atoms with van der Waals surface area (Å²) < 4.78 is 0. The van der Waals surface area contributed by atoms with Crippen LogP contribution in [0.15, 0.2) is 34.5 Å². The minimum atomic E-state index is -0.582. The predicted molar refractivity (Wildman–Crippen MR) is 80.0 cm³/mol. The summed E-state index contributed by atoms with van der Waals surface area (Å²) in [6.45, 7) is 5.32. The molecule has 0 saturated heterocycles. The van der Waals surface area contributed by atoms with Crippen LogP contribution in [0.4, 0.5) is 17.3 Å². The Balaban J connectivity index is 2.52. The smallest absolute Gasteiger partial charge is 0.418 e. The Bertz CT molecular complexity index is 765. The number of nitrogens with zero attached hydrogens (tertiary/aromatic N) is 8. The van der Waals surface area contributed by atoms with Gasteiger partial charge in [0, 0.05) is 4.91 Å². The molecule has 10 heteroatoms. The second-order valence-electron chi connectivity index (χ2n) is 5.42. The number of hydrogen-bond acceptors (Lipinski definition) is 6. The molecule has 0 bridgehead atoms. The minimum absolute atomic E-state index is 0.0706. The third-order valence-electron chi connectivity index (χ3n) is 2.44. The fraction of sp³-hybridized carbons (Fsp3) is 0.333. The second-order valence-corrected chi connectivity index (χ2v) is 5.42. The van der Waals surface area contributed by atoms with Crippen molar-refractivity contribution in [1.82, 2.24) is 15.0 Å². The standard InChI is InChI=1S/C12H15N9O/c1-12(2,3)18-21(22)11-10(13)16-20(17-11)9-7-5-4-6-8(9)15-19-14/h4-7H,1-3H3,(H2,13,16). The maximum Gasteiger partial charge on any atom is 0.418 e. The van der Waals surface area contributed by atoms with Crippen molar-refractivity contribution in [2.45, 2.75) is 26.3 Å². The maximum atomic E-state index is 12.0. The highest BCUT2D eigenvalue weighted by Gasteiger charge is 2.23. The molecule has 0 aliphatic heterocycles. The number of azide groups is 1. The zero-order valence-corrected chi connectivity index (χ0v) is 12.4. The van der Waals surface area contributed by atoms with E-state index in [1.54, 1.807) is 45.0 Å². The van der Waals surface area contributed by atoms with E-state index in [9.17, 15) is 5.21 Å². The van der Waals surface area contributed by atoms with Gasteiger partial charge in [0.05, 0.1) is 16.3 Å². The van der Waals surface area contributed by atoms with Crippen LogP contribution in [0, 0.1) is 5.21 Å².